The van der Waals surface area contributed by atoms with Gasteiger partial charge in [-0.2, -0.15) is 9.97 Å². The van der Waals surface area contributed by atoms with Crippen LogP contribution in [0.3, 0.4) is 0 Å². The first-order valence-corrected chi connectivity index (χ1v) is 8.75. The lowest BCUT2D eigenvalue weighted by Crippen LogP contribution is -2.53. The van der Waals surface area contributed by atoms with Crippen LogP contribution >= 0.6 is 0 Å². The van der Waals surface area contributed by atoms with E-state index in [0.717, 1.165) is 6.42 Å². The Bertz CT molecular complexity index is 1110. The quantitative estimate of drug-likeness (QED) is 0.637. The number of carboxylic acids is 1. The molecule has 1 saturated carbocycles. The number of carboxylic acid groups (broad SMARTS) is 1. The third-order valence-electron chi connectivity index (χ3n) is 6.10. The summed E-state index contributed by atoms with van der Waals surface area (Å²) in [6.07, 6.45) is 1.85. The summed E-state index contributed by atoms with van der Waals surface area (Å²) in [5.74, 6) is -1.48. The first-order chi connectivity index (χ1) is 12.8. The first kappa shape index (κ1) is 16.2. The monoisotopic (exact) mass is 373 g/mol. The molecule has 1 atom stereocenters. The smallest absolute Gasteiger partial charge is 0.344 e. The van der Waals surface area contributed by atoms with Crippen molar-refractivity contribution < 1.29 is 18.7 Å². The van der Waals surface area contributed by atoms with E-state index in [2.05, 4.69) is 15.0 Å². The van der Waals surface area contributed by atoms with Crippen LogP contribution in [0.15, 0.2) is 18.2 Å². The van der Waals surface area contributed by atoms with E-state index in [1.54, 1.807) is 11.0 Å². The van der Waals surface area contributed by atoms with Crippen LogP contribution in [-0.2, 0) is 4.79 Å². The summed E-state index contributed by atoms with van der Waals surface area (Å²) in [5.41, 5.74) is 3.51. The fraction of sp³-hybridized carbons (Fsp3) is 0.389. The highest BCUT2D eigenvalue weighted by Gasteiger charge is 2.66. The summed E-state index contributed by atoms with van der Waals surface area (Å²) in [6, 6.07) is 4.26. The number of nitrogen functional groups attached to an aromatic ring is 1. The molecule has 3 heterocycles. The number of aromatic nitrogens is 3. The maximum absolute atomic E-state index is 15.5. The van der Waals surface area contributed by atoms with E-state index in [9.17, 15) is 14.3 Å². The van der Waals surface area contributed by atoms with Crippen molar-refractivity contribution in [2.45, 2.75) is 24.9 Å². The lowest BCUT2D eigenvalue weighted by atomic mass is 9.61. The minimum Gasteiger partial charge on any atom is -0.479 e. The maximum atomic E-state index is 15.5. The lowest BCUT2D eigenvalue weighted by Gasteiger charge is -2.43. The van der Waals surface area contributed by atoms with Crippen molar-refractivity contribution in [3.05, 3.63) is 24.0 Å². The largest absolute Gasteiger partial charge is 0.479 e. The number of H-pyrrole nitrogens is 1. The van der Waals surface area contributed by atoms with Gasteiger partial charge in [-0.15, -0.1) is 0 Å². The number of nitrogens with zero attached hydrogens (tertiary/aromatic N) is 3. The number of nitrogens with two attached hydrogens (primary N) is 1. The molecule has 1 spiro atoms. The van der Waals surface area contributed by atoms with Crippen molar-refractivity contribution in [2.24, 2.45) is 5.41 Å². The second-order valence-corrected chi connectivity index (χ2v) is 7.54. The zero-order chi connectivity index (χ0) is 19.0. The molecule has 2 aliphatic rings. The highest BCUT2D eigenvalue weighted by Crippen LogP contribution is 2.56. The highest BCUT2D eigenvalue weighted by atomic mass is 19.1. The van der Waals surface area contributed by atoms with Crippen LogP contribution < -0.4 is 10.6 Å². The van der Waals surface area contributed by atoms with Crippen molar-refractivity contribution in [1.29, 1.82) is 0 Å². The molecule has 140 valence electrons. The van der Waals surface area contributed by atoms with E-state index < -0.39 is 22.9 Å². The summed E-state index contributed by atoms with van der Waals surface area (Å²) in [6.45, 7) is -0.0586. The predicted octanol–water partition coefficient (Wildman–Crippen LogP) is 2.62. The fourth-order valence-electron chi connectivity index (χ4n) is 4.58. The third kappa shape index (κ3) is 2.02. The minimum atomic E-state index is -2.34. The first-order valence-electron chi connectivity index (χ1n) is 8.75. The molecule has 2 aromatic heterocycles. The van der Waals surface area contributed by atoms with Crippen molar-refractivity contribution in [3.8, 4) is 0 Å². The Morgan fingerprint density at radius 2 is 2.07 bits per heavy atom. The number of hydrogen-bond donors (Lipinski definition) is 3. The van der Waals surface area contributed by atoms with Crippen LogP contribution in [0, 0.1) is 11.2 Å². The normalized spacial score (nSPS) is 24.0. The van der Waals surface area contributed by atoms with Gasteiger partial charge < -0.3 is 20.7 Å². The molecule has 27 heavy (non-hydrogen) atoms. The standard InChI is InChI=1S/C18H17F2N5O2/c19-9-2-3-10-11(6-9)22-13-12(10)14(24-16(21)23-13)25-7-17(4-1-5-17)18(20,8-25)15(26)27/h2-3,6H,1,4-5,7-8H2,(H,26,27)(H3,21,22,23,24). The molecule has 1 saturated heterocycles. The van der Waals surface area contributed by atoms with Gasteiger partial charge in [0, 0.05) is 17.3 Å². The highest BCUT2D eigenvalue weighted by molar-refractivity contribution is 6.11. The van der Waals surface area contributed by atoms with Gasteiger partial charge >= 0.3 is 5.97 Å². The van der Waals surface area contributed by atoms with E-state index in [1.165, 1.54) is 12.1 Å². The van der Waals surface area contributed by atoms with E-state index in [0.29, 0.717) is 40.6 Å². The SMILES string of the molecule is Nc1nc(N2CC3(CCC3)C(F)(C(=O)O)C2)c2c(n1)[nH]c1cc(F)ccc12. The van der Waals surface area contributed by atoms with Crippen LogP contribution in [0.5, 0.6) is 0 Å². The lowest BCUT2D eigenvalue weighted by molar-refractivity contribution is -0.162. The molecule has 1 aliphatic carbocycles. The van der Waals surface area contributed by atoms with Crippen LogP contribution in [0.1, 0.15) is 19.3 Å². The molecule has 5 rings (SSSR count). The topological polar surface area (TPSA) is 108 Å². The number of carbonyl (C=O) groups is 1. The molecule has 1 unspecified atom stereocenters. The van der Waals surface area contributed by atoms with Crippen LogP contribution in [0.4, 0.5) is 20.5 Å². The van der Waals surface area contributed by atoms with Gasteiger partial charge in [0.25, 0.3) is 0 Å². The molecule has 4 N–H and O–H groups in total. The second-order valence-electron chi connectivity index (χ2n) is 7.54. The Balaban J connectivity index is 1.71. The van der Waals surface area contributed by atoms with Gasteiger partial charge in [0.05, 0.1) is 17.4 Å². The molecule has 3 aromatic rings. The fourth-order valence-corrected chi connectivity index (χ4v) is 4.58. The zero-order valence-electron chi connectivity index (χ0n) is 14.3. The number of alkyl halides is 1. The number of anilines is 2. The molecule has 9 heteroatoms. The number of rotatable bonds is 2. The van der Waals surface area contributed by atoms with Crippen molar-refractivity contribution in [3.63, 3.8) is 0 Å². The summed E-state index contributed by atoms with van der Waals surface area (Å²) >= 11 is 0. The molecule has 0 bridgehead atoms. The molecule has 1 aromatic carbocycles. The van der Waals surface area contributed by atoms with Gasteiger partial charge in [0.2, 0.25) is 11.6 Å². The van der Waals surface area contributed by atoms with E-state index >= 15 is 4.39 Å². The van der Waals surface area contributed by atoms with Gasteiger partial charge in [-0.25, -0.2) is 13.6 Å². The number of halogens is 2. The molecular weight excluding hydrogens is 356 g/mol. The van der Waals surface area contributed by atoms with Gasteiger partial charge in [-0.1, -0.05) is 6.42 Å². The molecular formula is C18H17F2N5O2. The predicted molar refractivity (Wildman–Crippen MR) is 95.7 cm³/mol. The Hall–Kier alpha value is -2.97. The van der Waals surface area contributed by atoms with Crippen molar-refractivity contribution in [2.75, 3.05) is 23.7 Å². The zero-order valence-corrected chi connectivity index (χ0v) is 14.3. The van der Waals surface area contributed by atoms with Crippen molar-refractivity contribution in [1.82, 2.24) is 15.0 Å². The summed E-state index contributed by atoms with van der Waals surface area (Å²) < 4.78 is 29.1. The minimum absolute atomic E-state index is 0.0149. The molecule has 0 radical (unpaired) electrons. The Kier molecular flexibility index (Phi) is 3.04. The molecule has 7 nitrogen and oxygen atoms in total. The number of fused-ring (bicyclic) bond motifs is 3. The number of nitrogens with one attached hydrogen (secondary N) is 1. The maximum Gasteiger partial charge on any atom is 0.344 e. The van der Waals surface area contributed by atoms with E-state index in [1.807, 2.05) is 0 Å². The average molecular weight is 373 g/mol. The number of aliphatic carboxylic acids is 1. The van der Waals surface area contributed by atoms with Crippen LogP contribution in [-0.4, -0.2) is 44.8 Å². The summed E-state index contributed by atoms with van der Waals surface area (Å²) in [5, 5.41) is 10.8. The average Bonchev–Trinajstić information content (AvgIpc) is 3.09. The third-order valence-corrected chi connectivity index (χ3v) is 6.10. The van der Waals surface area contributed by atoms with Gasteiger partial charge in [0.1, 0.15) is 17.3 Å². The molecule has 0 amide bonds. The van der Waals surface area contributed by atoms with E-state index in [-0.39, 0.29) is 19.0 Å². The van der Waals surface area contributed by atoms with Crippen molar-refractivity contribution >= 4 is 39.7 Å². The Morgan fingerprint density at radius 1 is 1.30 bits per heavy atom. The number of aromatic amines is 1. The van der Waals surface area contributed by atoms with Gasteiger partial charge in [-0.3, -0.25) is 0 Å². The second kappa shape index (κ2) is 5.05. The Morgan fingerprint density at radius 3 is 2.70 bits per heavy atom. The number of benzene rings is 1. The van der Waals surface area contributed by atoms with Crippen LogP contribution in [0.2, 0.25) is 0 Å². The molecule has 1 aliphatic heterocycles. The summed E-state index contributed by atoms with van der Waals surface area (Å²) in [4.78, 5) is 24.8. The Labute approximate surface area is 152 Å². The van der Waals surface area contributed by atoms with Gasteiger partial charge in [0.15, 0.2) is 0 Å². The van der Waals surface area contributed by atoms with E-state index in [4.69, 9.17) is 5.73 Å². The van der Waals surface area contributed by atoms with Crippen LogP contribution in [0.25, 0.3) is 21.9 Å². The number of hydrogen-bond acceptors (Lipinski definition) is 5. The summed E-state index contributed by atoms with van der Waals surface area (Å²) in [7, 11) is 0. The molecule has 2 fully saturated rings. The van der Waals surface area contributed by atoms with Gasteiger partial charge in [-0.05, 0) is 31.0 Å².